The van der Waals surface area contributed by atoms with Gasteiger partial charge < -0.3 is 4.52 Å². The Hall–Kier alpha value is -2.48. The molecule has 3 aromatic heterocycles. The van der Waals surface area contributed by atoms with Gasteiger partial charge in [-0.1, -0.05) is 19.0 Å². The molecular weight excluding hydrogens is 320 g/mol. The maximum Gasteiger partial charge on any atom is 0.272 e. The van der Waals surface area contributed by atoms with Crippen molar-refractivity contribution in [3.05, 3.63) is 45.6 Å². The van der Waals surface area contributed by atoms with E-state index in [2.05, 4.69) is 25.1 Å². The third-order valence-electron chi connectivity index (χ3n) is 4.62. The summed E-state index contributed by atoms with van der Waals surface area (Å²) in [5.74, 6) is 1.65. The molecule has 4 heterocycles. The minimum atomic E-state index is -0.0938. The second-order valence-corrected chi connectivity index (χ2v) is 6.99. The lowest BCUT2D eigenvalue weighted by atomic mass is 10.2. The number of fused-ring (bicyclic) bond motifs is 1. The summed E-state index contributed by atoms with van der Waals surface area (Å²) in [6.45, 7) is 7.53. The molecule has 132 valence electrons. The van der Waals surface area contributed by atoms with Crippen molar-refractivity contribution in [2.24, 2.45) is 0 Å². The molecule has 0 bridgehead atoms. The maximum absolute atomic E-state index is 12.2. The second-order valence-electron chi connectivity index (χ2n) is 6.99. The highest BCUT2D eigenvalue weighted by atomic mass is 16.5. The third-order valence-corrected chi connectivity index (χ3v) is 4.62. The van der Waals surface area contributed by atoms with Gasteiger partial charge in [0.2, 0.25) is 5.89 Å². The van der Waals surface area contributed by atoms with E-state index < -0.39 is 0 Å². The van der Waals surface area contributed by atoms with Crippen LogP contribution in [0.25, 0.3) is 5.65 Å². The molecule has 3 aromatic rings. The lowest BCUT2D eigenvalue weighted by Gasteiger charge is -2.20. The van der Waals surface area contributed by atoms with Gasteiger partial charge in [0.25, 0.3) is 5.56 Å². The zero-order valence-corrected chi connectivity index (χ0v) is 14.7. The molecule has 0 radical (unpaired) electrons. The topological polar surface area (TPSA) is 92.3 Å². The van der Waals surface area contributed by atoms with Gasteiger partial charge >= 0.3 is 0 Å². The van der Waals surface area contributed by atoms with Crippen LogP contribution in [-0.4, -0.2) is 36.2 Å². The fraction of sp³-hybridized carbons (Fsp3) is 0.529. The second kappa shape index (κ2) is 6.11. The first-order valence-corrected chi connectivity index (χ1v) is 8.67. The Morgan fingerprint density at radius 2 is 2.20 bits per heavy atom. The molecule has 1 saturated heterocycles. The summed E-state index contributed by atoms with van der Waals surface area (Å²) in [4.78, 5) is 23.7. The van der Waals surface area contributed by atoms with Crippen molar-refractivity contribution in [2.75, 3.05) is 6.54 Å². The number of nitrogens with zero attached hydrogens (tertiary/aromatic N) is 5. The molecule has 4 rings (SSSR count). The Bertz CT molecular complexity index is 954. The van der Waals surface area contributed by atoms with E-state index in [0.29, 0.717) is 18.1 Å². The first-order valence-electron chi connectivity index (χ1n) is 8.67. The number of aromatic amines is 1. The summed E-state index contributed by atoms with van der Waals surface area (Å²) in [5.41, 5.74) is 2.23. The Balaban J connectivity index is 1.59. The van der Waals surface area contributed by atoms with Gasteiger partial charge in [-0.3, -0.25) is 14.8 Å². The van der Waals surface area contributed by atoms with Crippen LogP contribution in [0.4, 0.5) is 0 Å². The molecule has 8 nitrogen and oxygen atoms in total. The number of aromatic nitrogens is 5. The van der Waals surface area contributed by atoms with E-state index in [1.54, 1.807) is 6.07 Å². The number of likely N-dealkylation sites (tertiary alicyclic amines) is 1. The molecule has 0 aromatic carbocycles. The van der Waals surface area contributed by atoms with E-state index in [4.69, 9.17) is 4.52 Å². The highest BCUT2D eigenvalue weighted by Crippen LogP contribution is 2.32. The largest absolute Gasteiger partial charge is 0.338 e. The minimum Gasteiger partial charge on any atom is -0.338 e. The SMILES string of the molecule is Cc1cc2nc(CN3CCCC3c3nc(C(C)C)no3)cc(=O)n2[nH]1. The molecule has 25 heavy (non-hydrogen) atoms. The highest BCUT2D eigenvalue weighted by Gasteiger charge is 2.31. The van der Waals surface area contributed by atoms with E-state index in [1.807, 2.05) is 26.8 Å². The Kier molecular flexibility index (Phi) is 3.91. The quantitative estimate of drug-likeness (QED) is 0.781. The first kappa shape index (κ1) is 16.0. The number of H-pyrrole nitrogens is 1. The van der Waals surface area contributed by atoms with Gasteiger partial charge in [-0.25, -0.2) is 9.50 Å². The lowest BCUT2D eigenvalue weighted by molar-refractivity contribution is 0.199. The Morgan fingerprint density at radius 1 is 1.36 bits per heavy atom. The van der Waals surface area contributed by atoms with Crippen LogP contribution in [0.3, 0.4) is 0 Å². The molecule has 0 aliphatic carbocycles. The summed E-state index contributed by atoms with van der Waals surface area (Å²) in [6, 6.07) is 3.55. The standard InChI is InChI=1S/C17H22N6O2/c1-10(2)16-19-17(25-21-16)13-5-4-6-22(13)9-12-8-15(24)23-14(18-12)7-11(3)20-23/h7-8,10,13,20H,4-6,9H2,1-3H3. The van der Waals surface area contributed by atoms with Gasteiger partial charge in [0.1, 0.15) is 0 Å². The number of hydrogen-bond acceptors (Lipinski definition) is 6. The van der Waals surface area contributed by atoms with Crippen molar-refractivity contribution in [1.82, 2.24) is 29.6 Å². The molecule has 0 spiro atoms. The van der Waals surface area contributed by atoms with Gasteiger partial charge in [0.05, 0.1) is 11.7 Å². The lowest BCUT2D eigenvalue weighted by Crippen LogP contribution is -2.25. The minimum absolute atomic E-state index is 0.0909. The van der Waals surface area contributed by atoms with Crippen LogP contribution < -0.4 is 5.56 Å². The van der Waals surface area contributed by atoms with Gasteiger partial charge in [-0.15, -0.1) is 0 Å². The number of rotatable bonds is 4. The Morgan fingerprint density at radius 3 is 2.96 bits per heavy atom. The molecular formula is C17H22N6O2. The molecule has 1 unspecified atom stereocenters. The maximum atomic E-state index is 12.2. The zero-order chi connectivity index (χ0) is 17.6. The fourth-order valence-electron chi connectivity index (χ4n) is 3.36. The average Bonchev–Trinajstić information content (AvgIpc) is 3.25. The van der Waals surface area contributed by atoms with Crippen LogP contribution >= 0.6 is 0 Å². The van der Waals surface area contributed by atoms with E-state index in [0.717, 1.165) is 36.6 Å². The Labute approximate surface area is 144 Å². The first-order chi connectivity index (χ1) is 12.0. The highest BCUT2D eigenvalue weighted by molar-refractivity contribution is 5.39. The fourth-order valence-corrected chi connectivity index (χ4v) is 3.36. The summed E-state index contributed by atoms with van der Waals surface area (Å²) < 4.78 is 6.95. The van der Waals surface area contributed by atoms with Crippen molar-refractivity contribution in [3.8, 4) is 0 Å². The van der Waals surface area contributed by atoms with Crippen LogP contribution in [0.2, 0.25) is 0 Å². The summed E-state index contributed by atoms with van der Waals surface area (Å²) in [6.07, 6.45) is 2.04. The van der Waals surface area contributed by atoms with Crippen LogP contribution in [0, 0.1) is 6.92 Å². The van der Waals surface area contributed by atoms with Crippen LogP contribution in [0.15, 0.2) is 21.5 Å². The van der Waals surface area contributed by atoms with Gasteiger partial charge in [0, 0.05) is 30.3 Å². The third kappa shape index (κ3) is 2.97. The van der Waals surface area contributed by atoms with Gasteiger partial charge in [-0.05, 0) is 26.3 Å². The van der Waals surface area contributed by atoms with Crippen molar-refractivity contribution in [3.63, 3.8) is 0 Å². The average molecular weight is 342 g/mol. The van der Waals surface area contributed by atoms with Crippen LogP contribution in [0.5, 0.6) is 0 Å². The van der Waals surface area contributed by atoms with Crippen molar-refractivity contribution >= 4 is 5.65 Å². The van der Waals surface area contributed by atoms with Gasteiger partial charge in [-0.2, -0.15) is 4.98 Å². The van der Waals surface area contributed by atoms with E-state index in [9.17, 15) is 4.79 Å². The smallest absolute Gasteiger partial charge is 0.272 e. The van der Waals surface area contributed by atoms with E-state index in [-0.39, 0.29) is 17.5 Å². The molecule has 1 atom stereocenters. The predicted molar refractivity (Wildman–Crippen MR) is 91.3 cm³/mol. The zero-order valence-electron chi connectivity index (χ0n) is 14.7. The van der Waals surface area contributed by atoms with E-state index in [1.165, 1.54) is 4.52 Å². The molecule has 8 heteroatoms. The van der Waals surface area contributed by atoms with Crippen molar-refractivity contribution < 1.29 is 4.52 Å². The summed E-state index contributed by atoms with van der Waals surface area (Å²) in [5, 5.41) is 7.06. The molecule has 1 aliphatic rings. The molecule has 1 aliphatic heterocycles. The monoisotopic (exact) mass is 342 g/mol. The van der Waals surface area contributed by atoms with Crippen LogP contribution in [-0.2, 0) is 6.54 Å². The van der Waals surface area contributed by atoms with Crippen molar-refractivity contribution in [2.45, 2.75) is 52.1 Å². The molecule has 1 fully saturated rings. The number of hydrogen-bond donors (Lipinski definition) is 1. The van der Waals surface area contributed by atoms with Crippen molar-refractivity contribution in [1.29, 1.82) is 0 Å². The summed E-state index contributed by atoms with van der Waals surface area (Å²) >= 11 is 0. The number of nitrogens with one attached hydrogen (secondary N) is 1. The van der Waals surface area contributed by atoms with Crippen LogP contribution in [0.1, 0.15) is 61.8 Å². The normalized spacial score (nSPS) is 18.6. The summed E-state index contributed by atoms with van der Waals surface area (Å²) in [7, 11) is 0. The predicted octanol–water partition coefficient (Wildman–Crippen LogP) is 2.17. The molecule has 1 N–H and O–H groups in total. The molecule has 0 saturated carbocycles. The molecule has 0 amide bonds. The number of aryl methyl sites for hydroxylation is 1. The van der Waals surface area contributed by atoms with E-state index >= 15 is 0 Å². The van der Waals surface area contributed by atoms with Gasteiger partial charge in [0.15, 0.2) is 11.5 Å².